The van der Waals surface area contributed by atoms with Crippen LogP contribution in [0.4, 0.5) is 0 Å². The van der Waals surface area contributed by atoms with Crippen LogP contribution in [0.3, 0.4) is 0 Å². The normalized spacial score (nSPS) is 19.9. The lowest BCUT2D eigenvalue weighted by molar-refractivity contribution is -0.134. The minimum Gasteiger partial charge on any atom is -0.357 e. The van der Waals surface area contributed by atoms with Crippen molar-refractivity contribution in [2.75, 3.05) is 33.2 Å². The van der Waals surface area contributed by atoms with Gasteiger partial charge in [0.2, 0.25) is 5.91 Å². The van der Waals surface area contributed by atoms with Crippen molar-refractivity contribution < 1.29 is 4.79 Å². The van der Waals surface area contributed by atoms with Crippen molar-refractivity contribution in [1.82, 2.24) is 19.2 Å². The fraction of sp³-hybridized carbons (Fsp3) is 0.526. The number of nitrogens with zero attached hydrogens (tertiary/aromatic N) is 3. The average molecular weight is 361 g/mol. The first-order valence-electron chi connectivity index (χ1n) is 9.09. The molecule has 3 heterocycles. The number of hydrogen-bond acceptors (Lipinski definition) is 3. The number of halogens is 1. The summed E-state index contributed by atoms with van der Waals surface area (Å²) in [4.78, 5) is 20.4. The number of benzene rings is 1. The Balaban J connectivity index is 1.39. The zero-order chi connectivity index (χ0) is 17.4. The summed E-state index contributed by atoms with van der Waals surface area (Å²) in [5.74, 6) is 0.215. The van der Waals surface area contributed by atoms with Crippen molar-refractivity contribution in [3.63, 3.8) is 0 Å². The number of aromatic amines is 1. The number of piperidine rings is 1. The second-order valence-electron chi connectivity index (χ2n) is 7.23. The lowest BCUT2D eigenvalue weighted by Crippen LogP contribution is -2.47. The molecule has 25 heavy (non-hydrogen) atoms. The van der Waals surface area contributed by atoms with Crippen molar-refractivity contribution in [2.45, 2.75) is 31.8 Å². The molecule has 2 aliphatic rings. The molecule has 4 rings (SSSR count). The van der Waals surface area contributed by atoms with Gasteiger partial charge in [-0.3, -0.25) is 9.69 Å². The molecule has 5 nitrogen and oxygen atoms in total. The zero-order valence-corrected chi connectivity index (χ0v) is 15.4. The van der Waals surface area contributed by atoms with E-state index in [2.05, 4.69) is 34.1 Å². The Kier molecular flexibility index (Phi) is 4.71. The number of aromatic nitrogens is 1. The lowest BCUT2D eigenvalue weighted by atomic mass is 10.0. The van der Waals surface area contributed by atoms with E-state index >= 15 is 0 Å². The van der Waals surface area contributed by atoms with Gasteiger partial charge in [-0.1, -0.05) is 18.2 Å². The van der Waals surface area contributed by atoms with Crippen LogP contribution in [0.2, 0.25) is 0 Å². The molecule has 0 radical (unpaired) electrons. The summed E-state index contributed by atoms with van der Waals surface area (Å²) in [6.07, 6.45) is 2.91. The van der Waals surface area contributed by atoms with Gasteiger partial charge in [0.05, 0.1) is 6.54 Å². The third kappa shape index (κ3) is 3.41. The fourth-order valence-corrected chi connectivity index (χ4v) is 4.31. The van der Waals surface area contributed by atoms with Crippen molar-refractivity contribution in [1.29, 1.82) is 0 Å². The van der Waals surface area contributed by atoms with E-state index in [1.54, 1.807) is 0 Å². The first kappa shape index (κ1) is 16.9. The molecule has 1 amide bonds. The molecule has 134 valence electrons. The number of carbonyl (C=O) groups is 1. The van der Waals surface area contributed by atoms with Gasteiger partial charge in [-0.2, -0.15) is 0 Å². The second-order valence-corrected chi connectivity index (χ2v) is 7.71. The van der Waals surface area contributed by atoms with Crippen LogP contribution in [0.5, 0.6) is 0 Å². The van der Waals surface area contributed by atoms with E-state index in [1.807, 2.05) is 16.4 Å². The van der Waals surface area contributed by atoms with Crippen molar-refractivity contribution in [3.8, 4) is 0 Å². The number of para-hydroxylation sites is 1. The average Bonchev–Trinajstić information content (AvgIpc) is 2.99. The van der Waals surface area contributed by atoms with Crippen molar-refractivity contribution in [3.05, 3.63) is 35.5 Å². The third-order valence-electron chi connectivity index (χ3n) is 5.67. The first-order chi connectivity index (χ1) is 12.1. The van der Waals surface area contributed by atoms with E-state index in [0.29, 0.717) is 12.6 Å². The van der Waals surface area contributed by atoms with Gasteiger partial charge in [-0.15, -0.1) is 0 Å². The Labute approximate surface area is 153 Å². The highest BCUT2D eigenvalue weighted by Gasteiger charge is 2.27. The van der Waals surface area contributed by atoms with Crippen molar-refractivity contribution >= 4 is 28.6 Å². The Hall–Kier alpha value is -1.56. The molecular formula is C19H25ClN4O. The monoisotopic (exact) mass is 360 g/mol. The van der Waals surface area contributed by atoms with Crippen LogP contribution < -0.4 is 0 Å². The first-order valence-corrected chi connectivity index (χ1v) is 9.43. The molecule has 1 aromatic carbocycles. The largest absolute Gasteiger partial charge is 0.357 e. The summed E-state index contributed by atoms with van der Waals surface area (Å²) in [7, 11) is 1.94. The smallest absolute Gasteiger partial charge is 0.236 e. The molecule has 2 aliphatic heterocycles. The number of rotatable bonds is 3. The van der Waals surface area contributed by atoms with E-state index in [4.69, 9.17) is 11.8 Å². The molecule has 0 unspecified atom stereocenters. The molecule has 0 bridgehead atoms. The van der Waals surface area contributed by atoms with E-state index in [1.165, 1.54) is 22.2 Å². The molecule has 1 N–H and O–H groups in total. The third-order valence-corrected chi connectivity index (χ3v) is 6.01. The highest BCUT2D eigenvalue weighted by molar-refractivity contribution is 6.13. The van der Waals surface area contributed by atoms with Gasteiger partial charge in [0, 0.05) is 55.9 Å². The summed E-state index contributed by atoms with van der Waals surface area (Å²) in [5.41, 5.74) is 3.88. The van der Waals surface area contributed by atoms with Gasteiger partial charge in [-0.05, 0) is 42.7 Å². The molecule has 6 heteroatoms. The van der Waals surface area contributed by atoms with Crippen LogP contribution in [-0.2, 0) is 17.8 Å². The van der Waals surface area contributed by atoms with Crippen LogP contribution >= 0.6 is 11.8 Å². The maximum Gasteiger partial charge on any atom is 0.236 e. The van der Waals surface area contributed by atoms with Gasteiger partial charge in [-0.25, -0.2) is 4.42 Å². The Morgan fingerprint density at radius 3 is 2.84 bits per heavy atom. The summed E-state index contributed by atoms with van der Waals surface area (Å²) >= 11 is 6.02. The SMILES string of the molecule is CN(C(=O)CN1CCc2c([nH]c3ccccc23)C1)C1CCN(Cl)CC1. The Bertz CT molecular complexity index is 766. The molecule has 0 aliphatic carbocycles. The van der Waals surface area contributed by atoms with Gasteiger partial charge >= 0.3 is 0 Å². The number of likely N-dealkylation sites (N-methyl/N-ethyl adjacent to an activating group) is 1. The Morgan fingerprint density at radius 1 is 1.28 bits per heavy atom. The molecule has 0 spiro atoms. The molecule has 0 atom stereocenters. The van der Waals surface area contributed by atoms with Gasteiger partial charge in [0.25, 0.3) is 0 Å². The maximum absolute atomic E-state index is 12.7. The number of nitrogens with one attached hydrogen (secondary N) is 1. The summed E-state index contributed by atoms with van der Waals surface area (Å²) in [6.45, 7) is 3.96. The molecule has 1 fully saturated rings. The topological polar surface area (TPSA) is 42.6 Å². The van der Waals surface area contributed by atoms with Gasteiger partial charge in [0.15, 0.2) is 0 Å². The second kappa shape index (κ2) is 6.98. The molecule has 1 saturated heterocycles. The quantitative estimate of drug-likeness (QED) is 0.855. The molecular weight excluding hydrogens is 336 g/mol. The van der Waals surface area contributed by atoms with Crippen LogP contribution in [0, 0.1) is 0 Å². The predicted octanol–water partition coefficient (Wildman–Crippen LogP) is 2.60. The minimum atomic E-state index is 0.215. The predicted molar refractivity (Wildman–Crippen MR) is 100 cm³/mol. The lowest BCUT2D eigenvalue weighted by Gasteiger charge is -2.35. The number of H-pyrrole nitrogens is 1. The number of fused-ring (bicyclic) bond motifs is 3. The molecule has 0 saturated carbocycles. The summed E-state index contributed by atoms with van der Waals surface area (Å²) in [5, 5.41) is 1.33. The number of amides is 1. The van der Waals surface area contributed by atoms with Crippen LogP contribution in [0.15, 0.2) is 24.3 Å². The van der Waals surface area contributed by atoms with E-state index in [0.717, 1.165) is 45.4 Å². The summed E-state index contributed by atoms with van der Waals surface area (Å²) < 4.78 is 1.82. The summed E-state index contributed by atoms with van der Waals surface area (Å²) in [6, 6.07) is 8.78. The Morgan fingerprint density at radius 2 is 2.04 bits per heavy atom. The van der Waals surface area contributed by atoms with Gasteiger partial charge < -0.3 is 9.88 Å². The zero-order valence-electron chi connectivity index (χ0n) is 14.7. The minimum absolute atomic E-state index is 0.215. The fourth-order valence-electron chi connectivity index (χ4n) is 4.11. The van der Waals surface area contributed by atoms with Crippen LogP contribution in [0.1, 0.15) is 24.1 Å². The highest BCUT2D eigenvalue weighted by atomic mass is 35.5. The maximum atomic E-state index is 12.7. The van der Waals surface area contributed by atoms with Gasteiger partial charge in [0.1, 0.15) is 0 Å². The van der Waals surface area contributed by atoms with E-state index < -0.39 is 0 Å². The molecule has 2 aromatic rings. The van der Waals surface area contributed by atoms with Crippen LogP contribution in [0.25, 0.3) is 10.9 Å². The van der Waals surface area contributed by atoms with Crippen LogP contribution in [-0.4, -0.2) is 64.4 Å². The highest BCUT2D eigenvalue weighted by Crippen LogP contribution is 2.27. The van der Waals surface area contributed by atoms with E-state index in [-0.39, 0.29) is 5.91 Å². The molecule has 1 aromatic heterocycles. The standard InChI is InChI=1S/C19H25ClN4O/c1-22(14-6-10-24(20)11-7-14)19(25)13-23-9-8-16-15-4-2-3-5-17(15)21-18(16)12-23/h2-5,14,21H,6-13H2,1H3. The van der Waals surface area contributed by atoms with E-state index in [9.17, 15) is 4.79 Å². The number of carbonyl (C=O) groups excluding carboxylic acids is 1. The number of hydrogen-bond donors (Lipinski definition) is 1. The van der Waals surface area contributed by atoms with Crippen molar-refractivity contribution in [2.24, 2.45) is 0 Å².